The quantitative estimate of drug-likeness (QED) is 0.621. The summed E-state index contributed by atoms with van der Waals surface area (Å²) < 4.78 is 13.5. The van der Waals surface area contributed by atoms with Gasteiger partial charge in [0.1, 0.15) is 12.2 Å². The summed E-state index contributed by atoms with van der Waals surface area (Å²) >= 11 is 0. The van der Waals surface area contributed by atoms with Crippen LogP contribution in [0.2, 0.25) is 0 Å². The second-order valence-electron chi connectivity index (χ2n) is 7.40. The predicted molar refractivity (Wildman–Crippen MR) is 96.1 cm³/mol. The molecule has 8 nitrogen and oxygen atoms in total. The average molecular weight is 388 g/mol. The van der Waals surface area contributed by atoms with Gasteiger partial charge in [-0.2, -0.15) is 0 Å². The van der Waals surface area contributed by atoms with Crippen LogP contribution in [-0.2, 0) is 16.1 Å². The van der Waals surface area contributed by atoms with Crippen molar-refractivity contribution in [1.29, 1.82) is 0 Å². The number of halogens is 1. The summed E-state index contributed by atoms with van der Waals surface area (Å²) in [5.41, 5.74) is 1.30. The average Bonchev–Trinajstić information content (AvgIpc) is 2.91. The van der Waals surface area contributed by atoms with Gasteiger partial charge in [0.2, 0.25) is 11.8 Å². The number of piperidine rings is 2. The highest BCUT2D eigenvalue weighted by Crippen LogP contribution is 2.28. The minimum atomic E-state index is -0.971. The number of hydrogen-bond acceptors (Lipinski definition) is 6. The van der Waals surface area contributed by atoms with Gasteiger partial charge in [0.05, 0.1) is 11.1 Å². The number of rotatable bonds is 4. The van der Waals surface area contributed by atoms with E-state index < -0.39 is 35.8 Å². The van der Waals surface area contributed by atoms with E-state index >= 15 is 0 Å². The fourth-order valence-corrected chi connectivity index (χ4v) is 3.94. The molecule has 0 bridgehead atoms. The Balaban J connectivity index is 1.48. The van der Waals surface area contributed by atoms with E-state index in [1.165, 1.54) is 0 Å². The summed E-state index contributed by atoms with van der Waals surface area (Å²) in [6.45, 7) is 1.47. The summed E-state index contributed by atoms with van der Waals surface area (Å²) in [5.74, 6) is -2.08. The first-order valence-corrected chi connectivity index (χ1v) is 9.36. The Hall–Kier alpha value is -2.65. The Bertz CT molecular complexity index is 858. The molecule has 1 aromatic carbocycles. The maximum atomic E-state index is 13.5. The second kappa shape index (κ2) is 7.40. The first kappa shape index (κ1) is 18.7. The standard InChI is InChI=1S/C19H21FN4O4/c20-11-6-12(9-21-8-11)22-7-10-1-2-13-14(5-10)19(28)24(18(13)27)15-3-4-16(25)23-17(15)26/h1-2,5,11-12,15,21-22H,3-4,6-9H2,(H,23,25,26)/t11-,12+,15?/m0/s1. The van der Waals surface area contributed by atoms with E-state index in [9.17, 15) is 23.6 Å². The molecule has 2 saturated heterocycles. The lowest BCUT2D eigenvalue weighted by Gasteiger charge is -2.27. The molecule has 9 heteroatoms. The van der Waals surface area contributed by atoms with Crippen LogP contribution in [0.3, 0.4) is 0 Å². The lowest BCUT2D eigenvalue weighted by molar-refractivity contribution is -0.136. The van der Waals surface area contributed by atoms with Gasteiger partial charge in [-0.1, -0.05) is 6.07 Å². The first-order valence-electron chi connectivity index (χ1n) is 9.36. The van der Waals surface area contributed by atoms with Crippen LogP contribution in [0.4, 0.5) is 4.39 Å². The number of fused-ring (bicyclic) bond motifs is 1. The molecule has 4 amide bonds. The van der Waals surface area contributed by atoms with E-state index in [-0.39, 0.29) is 30.0 Å². The lowest BCUT2D eigenvalue weighted by atomic mass is 10.0. The molecule has 3 atom stereocenters. The monoisotopic (exact) mass is 388 g/mol. The van der Waals surface area contributed by atoms with E-state index in [2.05, 4.69) is 16.0 Å². The zero-order valence-corrected chi connectivity index (χ0v) is 15.2. The van der Waals surface area contributed by atoms with Crippen LogP contribution in [-0.4, -0.2) is 59.9 Å². The number of carbonyl (C=O) groups excluding carboxylic acids is 4. The molecule has 2 fully saturated rings. The minimum absolute atomic E-state index is 0.00527. The third kappa shape index (κ3) is 3.43. The molecule has 0 spiro atoms. The van der Waals surface area contributed by atoms with Gasteiger partial charge >= 0.3 is 0 Å². The van der Waals surface area contributed by atoms with E-state index in [1.54, 1.807) is 18.2 Å². The highest BCUT2D eigenvalue weighted by atomic mass is 19.1. The highest BCUT2D eigenvalue weighted by molar-refractivity contribution is 6.23. The van der Waals surface area contributed by atoms with Crippen molar-refractivity contribution >= 4 is 23.6 Å². The van der Waals surface area contributed by atoms with Crippen LogP contribution >= 0.6 is 0 Å². The molecule has 1 unspecified atom stereocenters. The molecule has 3 heterocycles. The zero-order chi connectivity index (χ0) is 19.8. The molecular formula is C19H21FN4O4. The van der Waals surface area contributed by atoms with E-state index in [4.69, 9.17) is 0 Å². The molecule has 3 aliphatic rings. The molecule has 148 valence electrons. The van der Waals surface area contributed by atoms with Crippen molar-refractivity contribution in [2.45, 2.75) is 44.1 Å². The summed E-state index contributed by atoms with van der Waals surface area (Å²) in [4.78, 5) is 49.8. The molecule has 3 N–H and O–H groups in total. The smallest absolute Gasteiger partial charge is 0.262 e. The number of imide groups is 2. The number of nitrogens with zero attached hydrogens (tertiary/aromatic N) is 1. The third-order valence-corrected chi connectivity index (χ3v) is 5.40. The largest absolute Gasteiger partial charge is 0.312 e. The number of hydrogen-bond donors (Lipinski definition) is 3. The van der Waals surface area contributed by atoms with Crippen molar-refractivity contribution in [3.63, 3.8) is 0 Å². The normalized spacial score (nSPS) is 27.8. The number of benzene rings is 1. The molecule has 4 rings (SSSR count). The van der Waals surface area contributed by atoms with Gasteiger partial charge in [-0.15, -0.1) is 0 Å². The van der Waals surface area contributed by atoms with Crippen LogP contribution < -0.4 is 16.0 Å². The van der Waals surface area contributed by atoms with Gasteiger partial charge < -0.3 is 10.6 Å². The molecule has 0 aliphatic carbocycles. The molecule has 0 radical (unpaired) electrons. The van der Waals surface area contributed by atoms with Crippen LogP contribution in [0.25, 0.3) is 0 Å². The SMILES string of the molecule is O=C1CCC(N2C(=O)c3ccc(CN[C@H]4CNC[C@@H](F)C4)cc3C2=O)C(=O)N1. The first-order chi connectivity index (χ1) is 13.4. The van der Waals surface area contributed by atoms with Gasteiger partial charge in [-0.05, 0) is 30.5 Å². The van der Waals surface area contributed by atoms with Crippen molar-refractivity contribution in [3.8, 4) is 0 Å². The van der Waals surface area contributed by atoms with E-state index in [1.807, 2.05) is 0 Å². The Morgan fingerprint density at radius 1 is 1.11 bits per heavy atom. The van der Waals surface area contributed by atoms with Crippen LogP contribution in [0.1, 0.15) is 45.5 Å². The van der Waals surface area contributed by atoms with Gasteiger partial charge in [0.15, 0.2) is 0 Å². The third-order valence-electron chi connectivity index (χ3n) is 5.40. The Morgan fingerprint density at radius 2 is 1.89 bits per heavy atom. The molecular weight excluding hydrogens is 367 g/mol. The molecule has 1 aromatic rings. The predicted octanol–water partition coefficient (Wildman–Crippen LogP) is -0.123. The minimum Gasteiger partial charge on any atom is -0.312 e. The number of alkyl halides is 1. The molecule has 3 aliphatic heterocycles. The molecule has 0 aromatic heterocycles. The van der Waals surface area contributed by atoms with Crippen molar-refractivity contribution in [1.82, 2.24) is 20.9 Å². The van der Waals surface area contributed by atoms with Crippen molar-refractivity contribution < 1.29 is 23.6 Å². The van der Waals surface area contributed by atoms with Crippen LogP contribution in [0.15, 0.2) is 18.2 Å². The second-order valence-corrected chi connectivity index (χ2v) is 7.40. The summed E-state index contributed by atoms with van der Waals surface area (Å²) in [7, 11) is 0. The van der Waals surface area contributed by atoms with Gasteiger partial charge in [0, 0.05) is 32.1 Å². The topological polar surface area (TPSA) is 108 Å². The van der Waals surface area contributed by atoms with Crippen LogP contribution in [0.5, 0.6) is 0 Å². The van der Waals surface area contributed by atoms with Crippen molar-refractivity contribution in [2.24, 2.45) is 0 Å². The summed E-state index contributed by atoms with van der Waals surface area (Å²) in [5, 5.41) is 8.45. The molecule has 28 heavy (non-hydrogen) atoms. The van der Waals surface area contributed by atoms with Crippen molar-refractivity contribution in [3.05, 3.63) is 34.9 Å². The van der Waals surface area contributed by atoms with Crippen LogP contribution in [0, 0.1) is 0 Å². The lowest BCUT2D eigenvalue weighted by Crippen LogP contribution is -2.54. The van der Waals surface area contributed by atoms with Crippen molar-refractivity contribution in [2.75, 3.05) is 13.1 Å². The summed E-state index contributed by atoms with van der Waals surface area (Å²) in [6, 6.07) is 3.98. The zero-order valence-electron chi connectivity index (χ0n) is 15.2. The Labute approximate surface area is 160 Å². The number of amides is 4. The van der Waals surface area contributed by atoms with Gasteiger partial charge in [-0.3, -0.25) is 29.4 Å². The fourth-order valence-electron chi connectivity index (χ4n) is 3.94. The number of nitrogens with one attached hydrogen (secondary N) is 3. The van der Waals surface area contributed by atoms with Gasteiger partial charge in [-0.25, -0.2) is 4.39 Å². The molecule has 0 saturated carbocycles. The maximum Gasteiger partial charge on any atom is 0.262 e. The fraction of sp³-hybridized carbons (Fsp3) is 0.474. The maximum absolute atomic E-state index is 13.5. The Kier molecular flexibility index (Phi) is 4.94. The van der Waals surface area contributed by atoms with Gasteiger partial charge in [0.25, 0.3) is 11.8 Å². The highest BCUT2D eigenvalue weighted by Gasteiger charge is 2.44. The summed E-state index contributed by atoms with van der Waals surface area (Å²) in [6.07, 6.45) is -0.237. The van der Waals surface area contributed by atoms with E-state index in [0.29, 0.717) is 26.1 Å². The van der Waals surface area contributed by atoms with E-state index in [0.717, 1.165) is 10.5 Å². The Morgan fingerprint density at radius 3 is 2.64 bits per heavy atom. The number of carbonyl (C=O) groups is 4.